The van der Waals surface area contributed by atoms with Crippen molar-refractivity contribution < 1.29 is 13.2 Å². The molecule has 0 saturated carbocycles. The standard InChI is InChI=1S/C20H22F3N9/c1-11-8-31(9-14(29-11)13(5-24)12(2)25)17-3-4-26-19(30-17)15-6-28-18-7-27-16(10-32(15)18)20(21,22)23/h3-7,10-11,14,24,29H,8-9,25H2,1-2H3/b13-12+,24-5?. The minimum atomic E-state index is -4.58. The lowest BCUT2D eigenvalue weighted by Gasteiger charge is -2.39. The van der Waals surface area contributed by atoms with Crippen molar-refractivity contribution in [2.45, 2.75) is 32.1 Å². The summed E-state index contributed by atoms with van der Waals surface area (Å²) in [6.45, 7) is 4.95. The topological polar surface area (TPSA) is 121 Å². The average molecular weight is 445 g/mol. The van der Waals surface area contributed by atoms with Crippen LogP contribution in [0, 0.1) is 5.41 Å². The molecule has 2 unspecified atom stereocenters. The van der Waals surface area contributed by atoms with E-state index in [0.29, 0.717) is 35.9 Å². The van der Waals surface area contributed by atoms with Gasteiger partial charge in [0.1, 0.15) is 11.5 Å². The first-order valence-electron chi connectivity index (χ1n) is 9.88. The molecule has 0 bridgehead atoms. The molecule has 2 atom stereocenters. The summed E-state index contributed by atoms with van der Waals surface area (Å²) in [6.07, 6.45) is 1.62. The molecule has 4 heterocycles. The SMILES string of the molecule is C/C(N)=C(/C=N)C1CN(c2ccnc(-c3cnc4cnc(C(F)(F)F)cn34)n2)CC(C)N1. The zero-order chi connectivity index (χ0) is 23.0. The van der Waals surface area contributed by atoms with Crippen LogP contribution in [0.25, 0.3) is 17.2 Å². The van der Waals surface area contributed by atoms with Crippen LogP contribution in [-0.4, -0.2) is 55.7 Å². The summed E-state index contributed by atoms with van der Waals surface area (Å²) in [5.41, 5.74) is 6.77. The molecular weight excluding hydrogens is 423 g/mol. The Morgan fingerprint density at radius 2 is 2.03 bits per heavy atom. The number of halogens is 3. The summed E-state index contributed by atoms with van der Waals surface area (Å²) in [4.78, 5) is 18.4. The minimum Gasteiger partial charge on any atom is -0.402 e. The third kappa shape index (κ3) is 4.13. The van der Waals surface area contributed by atoms with Gasteiger partial charge in [0.25, 0.3) is 0 Å². The van der Waals surface area contributed by atoms with Crippen LogP contribution in [0.5, 0.6) is 0 Å². The maximum absolute atomic E-state index is 13.1. The molecule has 12 heteroatoms. The van der Waals surface area contributed by atoms with Crippen molar-refractivity contribution in [1.29, 1.82) is 5.41 Å². The molecule has 4 N–H and O–H groups in total. The van der Waals surface area contributed by atoms with Gasteiger partial charge in [0.05, 0.1) is 18.4 Å². The second kappa shape index (κ2) is 8.19. The van der Waals surface area contributed by atoms with E-state index in [9.17, 15) is 13.2 Å². The van der Waals surface area contributed by atoms with Crippen LogP contribution in [0.1, 0.15) is 19.5 Å². The molecule has 9 nitrogen and oxygen atoms in total. The van der Waals surface area contributed by atoms with Crippen molar-refractivity contribution in [3.05, 3.63) is 47.8 Å². The number of rotatable bonds is 4. The second-order valence-corrected chi connectivity index (χ2v) is 7.69. The van der Waals surface area contributed by atoms with Crippen molar-refractivity contribution >= 4 is 17.7 Å². The number of imidazole rings is 1. The van der Waals surface area contributed by atoms with Gasteiger partial charge in [-0.25, -0.2) is 19.9 Å². The number of hydrogen-bond acceptors (Lipinski definition) is 8. The van der Waals surface area contributed by atoms with Gasteiger partial charge in [0.15, 0.2) is 17.2 Å². The van der Waals surface area contributed by atoms with E-state index in [2.05, 4.69) is 25.3 Å². The lowest BCUT2D eigenvalue weighted by molar-refractivity contribution is -0.141. The Morgan fingerprint density at radius 1 is 1.25 bits per heavy atom. The van der Waals surface area contributed by atoms with Crippen LogP contribution >= 0.6 is 0 Å². The first-order valence-corrected chi connectivity index (χ1v) is 9.88. The number of fused-ring (bicyclic) bond motifs is 1. The maximum atomic E-state index is 13.1. The zero-order valence-corrected chi connectivity index (χ0v) is 17.4. The molecule has 1 saturated heterocycles. The smallest absolute Gasteiger partial charge is 0.402 e. The molecule has 1 aliphatic rings. The lowest BCUT2D eigenvalue weighted by Crippen LogP contribution is -2.57. The quantitative estimate of drug-likeness (QED) is 0.527. The van der Waals surface area contributed by atoms with E-state index in [1.807, 2.05) is 11.8 Å². The van der Waals surface area contributed by atoms with Crippen LogP contribution in [0.3, 0.4) is 0 Å². The second-order valence-electron chi connectivity index (χ2n) is 7.69. The van der Waals surface area contributed by atoms with Gasteiger partial charge in [-0.2, -0.15) is 13.2 Å². The van der Waals surface area contributed by atoms with E-state index in [0.717, 1.165) is 12.4 Å². The first-order chi connectivity index (χ1) is 15.2. The number of nitrogens with zero attached hydrogens (tertiary/aromatic N) is 6. The third-order valence-corrected chi connectivity index (χ3v) is 5.25. The van der Waals surface area contributed by atoms with E-state index in [4.69, 9.17) is 11.1 Å². The number of alkyl halides is 3. The van der Waals surface area contributed by atoms with Crippen LogP contribution in [0.15, 0.2) is 42.1 Å². The Hall–Kier alpha value is -3.54. The van der Waals surface area contributed by atoms with Crippen LogP contribution < -0.4 is 16.0 Å². The van der Waals surface area contributed by atoms with E-state index in [1.54, 1.807) is 19.2 Å². The number of nitrogens with one attached hydrogen (secondary N) is 2. The molecule has 0 amide bonds. The highest BCUT2D eigenvalue weighted by Gasteiger charge is 2.33. The van der Waals surface area contributed by atoms with Gasteiger partial charge in [0, 0.05) is 49.0 Å². The van der Waals surface area contributed by atoms with Gasteiger partial charge in [-0.15, -0.1) is 0 Å². The molecule has 1 aliphatic heterocycles. The number of allylic oxidation sites excluding steroid dienone is 1. The van der Waals surface area contributed by atoms with E-state index >= 15 is 0 Å². The number of anilines is 1. The maximum Gasteiger partial charge on any atom is 0.434 e. The molecule has 32 heavy (non-hydrogen) atoms. The van der Waals surface area contributed by atoms with E-state index in [-0.39, 0.29) is 23.6 Å². The summed E-state index contributed by atoms with van der Waals surface area (Å²) in [5, 5.41) is 11.1. The summed E-state index contributed by atoms with van der Waals surface area (Å²) in [5.74, 6) is 0.863. The lowest BCUT2D eigenvalue weighted by atomic mass is 10.0. The normalized spacial score (nSPS) is 20.3. The molecule has 4 rings (SSSR count). The Bertz CT molecular complexity index is 1180. The molecule has 0 aromatic carbocycles. The Kier molecular flexibility index (Phi) is 5.55. The van der Waals surface area contributed by atoms with Gasteiger partial charge in [-0.1, -0.05) is 0 Å². The fraction of sp³-hybridized carbons (Fsp3) is 0.350. The van der Waals surface area contributed by atoms with Crippen molar-refractivity contribution in [1.82, 2.24) is 29.7 Å². The predicted molar refractivity (Wildman–Crippen MR) is 113 cm³/mol. The molecule has 3 aromatic rings. The van der Waals surface area contributed by atoms with Gasteiger partial charge < -0.3 is 21.4 Å². The molecular formula is C20H22F3N9. The van der Waals surface area contributed by atoms with Gasteiger partial charge in [-0.3, -0.25) is 4.40 Å². The molecule has 0 spiro atoms. The highest BCUT2D eigenvalue weighted by molar-refractivity contribution is 5.79. The van der Waals surface area contributed by atoms with Crippen LogP contribution in [-0.2, 0) is 6.18 Å². The average Bonchev–Trinajstić information content (AvgIpc) is 3.16. The van der Waals surface area contributed by atoms with Crippen molar-refractivity contribution in [2.24, 2.45) is 5.73 Å². The Labute approximate surface area is 181 Å². The highest BCUT2D eigenvalue weighted by Crippen LogP contribution is 2.29. The van der Waals surface area contributed by atoms with Crippen molar-refractivity contribution in [3.8, 4) is 11.5 Å². The Balaban J connectivity index is 1.70. The largest absolute Gasteiger partial charge is 0.434 e. The van der Waals surface area contributed by atoms with Crippen molar-refractivity contribution in [2.75, 3.05) is 18.0 Å². The highest BCUT2D eigenvalue weighted by atomic mass is 19.4. The number of hydrogen-bond donors (Lipinski definition) is 3. The Morgan fingerprint density at radius 3 is 2.72 bits per heavy atom. The predicted octanol–water partition coefficient (Wildman–Crippen LogP) is 2.25. The van der Waals surface area contributed by atoms with Crippen LogP contribution in [0.2, 0.25) is 0 Å². The molecule has 1 fully saturated rings. The summed E-state index contributed by atoms with van der Waals surface area (Å²) in [7, 11) is 0. The molecule has 168 valence electrons. The minimum absolute atomic E-state index is 0.0951. The van der Waals surface area contributed by atoms with Gasteiger partial charge >= 0.3 is 6.18 Å². The van der Waals surface area contributed by atoms with E-state index < -0.39 is 11.9 Å². The molecule has 0 radical (unpaired) electrons. The number of nitrogens with two attached hydrogens (primary N) is 1. The zero-order valence-electron chi connectivity index (χ0n) is 17.4. The summed E-state index contributed by atoms with van der Waals surface area (Å²) < 4.78 is 40.6. The fourth-order valence-corrected chi connectivity index (χ4v) is 3.79. The summed E-state index contributed by atoms with van der Waals surface area (Å²) >= 11 is 0. The first kappa shape index (κ1) is 21.7. The van der Waals surface area contributed by atoms with E-state index in [1.165, 1.54) is 16.8 Å². The third-order valence-electron chi connectivity index (χ3n) is 5.25. The summed E-state index contributed by atoms with van der Waals surface area (Å²) in [6, 6.07) is 1.68. The van der Waals surface area contributed by atoms with Gasteiger partial charge in [-0.05, 0) is 19.9 Å². The molecule has 3 aromatic heterocycles. The monoisotopic (exact) mass is 445 g/mol. The fourth-order valence-electron chi connectivity index (χ4n) is 3.79. The number of piperazine rings is 1. The number of aromatic nitrogens is 5. The van der Waals surface area contributed by atoms with Crippen LogP contribution in [0.4, 0.5) is 19.0 Å². The molecule has 0 aliphatic carbocycles. The van der Waals surface area contributed by atoms with Gasteiger partial charge in [0.2, 0.25) is 0 Å². The van der Waals surface area contributed by atoms with Crippen molar-refractivity contribution in [3.63, 3.8) is 0 Å².